The fraction of sp³-hybridized carbons (Fsp3) is 0.833. The van der Waals surface area contributed by atoms with Gasteiger partial charge in [-0.15, -0.1) is 0 Å². The molecule has 2 atom stereocenters. The predicted octanol–water partition coefficient (Wildman–Crippen LogP) is 5.63. The molecule has 0 aromatic rings. The summed E-state index contributed by atoms with van der Waals surface area (Å²) in [5.74, 6) is -0.661. The van der Waals surface area contributed by atoms with Crippen LogP contribution >= 0.6 is 0 Å². The van der Waals surface area contributed by atoms with Crippen molar-refractivity contribution in [3.05, 3.63) is 11.6 Å². The molecule has 0 spiro atoms. The lowest BCUT2D eigenvalue weighted by Gasteiger charge is -2.20. The van der Waals surface area contributed by atoms with E-state index < -0.39 is 12.2 Å². The molecule has 5 nitrogen and oxygen atoms in total. The number of rotatable bonds is 17. The van der Waals surface area contributed by atoms with Crippen LogP contribution in [0, 0.1) is 0 Å². The van der Waals surface area contributed by atoms with E-state index in [9.17, 15) is 14.7 Å². The summed E-state index contributed by atoms with van der Waals surface area (Å²) in [4.78, 5) is 24.1. The van der Waals surface area contributed by atoms with Gasteiger partial charge in [-0.2, -0.15) is 0 Å². The molecule has 0 aromatic heterocycles. The van der Waals surface area contributed by atoms with Crippen LogP contribution in [0.5, 0.6) is 0 Å². The molecule has 1 N–H and O–H groups in total. The van der Waals surface area contributed by atoms with Gasteiger partial charge < -0.3 is 14.6 Å². The molecule has 168 valence electrons. The fourth-order valence-electron chi connectivity index (χ4n) is 3.64. The summed E-state index contributed by atoms with van der Waals surface area (Å²) >= 11 is 0. The molecule has 5 heteroatoms. The summed E-state index contributed by atoms with van der Waals surface area (Å²) < 4.78 is 10.8. The Kier molecular flexibility index (Phi) is 14.6. The Morgan fingerprint density at radius 1 is 1.03 bits per heavy atom. The molecule has 1 fully saturated rings. The van der Waals surface area contributed by atoms with Crippen molar-refractivity contribution in [2.45, 2.75) is 122 Å². The average Bonchev–Trinajstić information content (AvgIpc) is 3.08. The molecular formula is C24H42O5. The number of cyclic esters (lactones) is 1. The number of hydrogen-bond donors (Lipinski definition) is 1. The maximum absolute atomic E-state index is 12.1. The van der Waals surface area contributed by atoms with Crippen LogP contribution in [0.2, 0.25) is 0 Å². The van der Waals surface area contributed by atoms with E-state index in [1.54, 1.807) is 0 Å². The molecule has 0 saturated carbocycles. The second-order valence-electron chi connectivity index (χ2n) is 8.16. The van der Waals surface area contributed by atoms with Crippen molar-refractivity contribution in [1.82, 2.24) is 0 Å². The lowest BCUT2D eigenvalue weighted by atomic mass is 10.0. The van der Waals surface area contributed by atoms with E-state index in [1.807, 2.05) is 6.08 Å². The van der Waals surface area contributed by atoms with Gasteiger partial charge in [0.05, 0.1) is 6.61 Å². The smallest absolute Gasteiger partial charge is 0.334 e. The van der Waals surface area contributed by atoms with E-state index in [2.05, 4.69) is 13.8 Å². The number of carbonyl (C=O) groups excluding carboxylic acids is 2. The van der Waals surface area contributed by atoms with Gasteiger partial charge in [0, 0.05) is 18.4 Å². The first-order valence-electron chi connectivity index (χ1n) is 11.8. The first kappa shape index (κ1) is 25.7. The zero-order chi connectivity index (χ0) is 21.3. The van der Waals surface area contributed by atoms with Gasteiger partial charge in [-0.3, -0.25) is 4.79 Å². The van der Waals surface area contributed by atoms with Crippen LogP contribution in [0.1, 0.15) is 110 Å². The van der Waals surface area contributed by atoms with E-state index >= 15 is 0 Å². The molecule has 0 bridgehead atoms. The Morgan fingerprint density at radius 3 is 2.24 bits per heavy atom. The van der Waals surface area contributed by atoms with Gasteiger partial charge in [0.1, 0.15) is 6.10 Å². The largest absolute Gasteiger partial charge is 0.456 e. The molecule has 0 aromatic carbocycles. The van der Waals surface area contributed by atoms with Crippen LogP contribution in [0.4, 0.5) is 0 Å². The van der Waals surface area contributed by atoms with Crippen LogP contribution in [-0.2, 0) is 19.1 Å². The third kappa shape index (κ3) is 11.4. The summed E-state index contributed by atoms with van der Waals surface area (Å²) in [5, 5.41) is 9.61. The van der Waals surface area contributed by atoms with Gasteiger partial charge >= 0.3 is 11.9 Å². The Balaban J connectivity index is 2.29. The number of aliphatic hydroxyl groups is 1. The van der Waals surface area contributed by atoms with Gasteiger partial charge in [0.2, 0.25) is 0 Å². The van der Waals surface area contributed by atoms with Crippen molar-refractivity contribution < 1.29 is 24.2 Å². The highest BCUT2D eigenvalue weighted by Crippen LogP contribution is 2.25. The van der Waals surface area contributed by atoms with Crippen LogP contribution < -0.4 is 0 Å². The maximum atomic E-state index is 12.1. The summed E-state index contributed by atoms with van der Waals surface area (Å²) in [7, 11) is 0. The standard InChI is InChI=1S/C24H42O5/c1-3-5-7-9-11-12-14-16-20-18-21(29-24(20)27)22(19-25)28-23(26)17-15-13-10-8-6-4-2/h16,21-22,25H,3-15,17-19H2,1-2H3/b20-16+/t21-,22-/m0/s1. The van der Waals surface area contributed by atoms with Crippen molar-refractivity contribution >= 4 is 11.9 Å². The molecule has 0 unspecified atom stereocenters. The van der Waals surface area contributed by atoms with Crippen molar-refractivity contribution in [1.29, 1.82) is 0 Å². The number of ether oxygens (including phenoxy) is 2. The van der Waals surface area contributed by atoms with Crippen molar-refractivity contribution in [3.8, 4) is 0 Å². The minimum absolute atomic E-state index is 0.319. The van der Waals surface area contributed by atoms with Crippen LogP contribution in [-0.4, -0.2) is 35.9 Å². The fourth-order valence-corrected chi connectivity index (χ4v) is 3.64. The predicted molar refractivity (Wildman–Crippen MR) is 116 cm³/mol. The number of esters is 2. The van der Waals surface area contributed by atoms with Gasteiger partial charge in [-0.25, -0.2) is 4.79 Å². The Hall–Kier alpha value is -1.36. The van der Waals surface area contributed by atoms with Crippen molar-refractivity contribution in [2.24, 2.45) is 0 Å². The topological polar surface area (TPSA) is 72.8 Å². The van der Waals surface area contributed by atoms with Crippen LogP contribution in [0.25, 0.3) is 0 Å². The minimum Gasteiger partial charge on any atom is -0.456 e. The lowest BCUT2D eigenvalue weighted by molar-refractivity contribution is -0.164. The first-order chi connectivity index (χ1) is 14.1. The monoisotopic (exact) mass is 410 g/mol. The lowest BCUT2D eigenvalue weighted by Crippen LogP contribution is -2.34. The molecule has 29 heavy (non-hydrogen) atoms. The van der Waals surface area contributed by atoms with Crippen molar-refractivity contribution in [3.63, 3.8) is 0 Å². The maximum Gasteiger partial charge on any atom is 0.334 e. The quantitative estimate of drug-likeness (QED) is 0.191. The molecule has 1 heterocycles. The summed E-state index contributed by atoms with van der Waals surface area (Å²) in [6.07, 6.45) is 16.1. The van der Waals surface area contributed by atoms with Crippen molar-refractivity contribution in [2.75, 3.05) is 6.61 Å². The molecule has 1 aliphatic rings. The van der Waals surface area contributed by atoms with E-state index in [0.29, 0.717) is 18.4 Å². The molecule has 1 saturated heterocycles. The molecule has 0 amide bonds. The molecule has 1 rings (SSSR count). The molecule has 0 radical (unpaired) electrons. The normalized spacial score (nSPS) is 18.8. The minimum atomic E-state index is -0.772. The Bertz CT molecular complexity index is 486. The van der Waals surface area contributed by atoms with Gasteiger partial charge in [-0.05, 0) is 19.3 Å². The molecule has 0 aliphatic carbocycles. The van der Waals surface area contributed by atoms with E-state index in [4.69, 9.17) is 9.47 Å². The van der Waals surface area contributed by atoms with Gasteiger partial charge in [0.15, 0.2) is 6.10 Å². The first-order valence-corrected chi connectivity index (χ1v) is 11.8. The highest BCUT2D eigenvalue weighted by atomic mass is 16.6. The number of carbonyl (C=O) groups is 2. The van der Waals surface area contributed by atoms with Gasteiger partial charge in [-0.1, -0.05) is 84.1 Å². The highest BCUT2D eigenvalue weighted by Gasteiger charge is 2.36. The third-order valence-electron chi connectivity index (χ3n) is 5.50. The second-order valence-corrected chi connectivity index (χ2v) is 8.16. The van der Waals surface area contributed by atoms with Crippen LogP contribution in [0.3, 0.4) is 0 Å². The third-order valence-corrected chi connectivity index (χ3v) is 5.50. The zero-order valence-electron chi connectivity index (χ0n) is 18.6. The second kappa shape index (κ2) is 16.4. The van der Waals surface area contributed by atoms with E-state index in [-0.39, 0.29) is 18.5 Å². The number of allylic oxidation sites excluding steroid dienone is 1. The SMILES string of the molecule is CCCCCCCC/C=C1\C[C@@H]([C@H](CO)OC(=O)CCCCCCCC)OC1=O. The van der Waals surface area contributed by atoms with Crippen LogP contribution in [0.15, 0.2) is 11.6 Å². The average molecular weight is 411 g/mol. The zero-order valence-corrected chi connectivity index (χ0v) is 18.6. The summed E-state index contributed by atoms with van der Waals surface area (Å²) in [6.45, 7) is 4.06. The Labute approximate surface area is 177 Å². The number of aliphatic hydroxyl groups excluding tert-OH is 1. The highest BCUT2D eigenvalue weighted by molar-refractivity contribution is 5.90. The summed E-state index contributed by atoms with van der Waals surface area (Å²) in [5.41, 5.74) is 0.647. The molecular weight excluding hydrogens is 368 g/mol. The van der Waals surface area contributed by atoms with E-state index in [0.717, 1.165) is 32.1 Å². The van der Waals surface area contributed by atoms with E-state index in [1.165, 1.54) is 51.4 Å². The molecule has 1 aliphatic heterocycles. The number of unbranched alkanes of at least 4 members (excludes halogenated alkanes) is 11. The Morgan fingerprint density at radius 2 is 1.62 bits per heavy atom. The number of hydrogen-bond acceptors (Lipinski definition) is 5. The van der Waals surface area contributed by atoms with Gasteiger partial charge in [0.25, 0.3) is 0 Å². The summed E-state index contributed by atoms with van der Waals surface area (Å²) in [6, 6.07) is 0.